The van der Waals surface area contributed by atoms with Crippen molar-refractivity contribution in [2.45, 2.75) is 32.9 Å². The van der Waals surface area contributed by atoms with E-state index in [9.17, 15) is 4.79 Å². The molecule has 0 bridgehead atoms. The van der Waals surface area contributed by atoms with Crippen molar-refractivity contribution in [3.8, 4) is 11.5 Å². The Morgan fingerprint density at radius 2 is 1.83 bits per heavy atom. The number of aromatic nitrogens is 2. The number of carbonyl (C=O) groups is 1. The molecular formula is C23H27N3O3. The molecule has 29 heavy (non-hydrogen) atoms. The number of hydrogen-bond acceptors (Lipinski definition) is 4. The van der Waals surface area contributed by atoms with Crippen LogP contribution in [-0.4, -0.2) is 29.7 Å². The van der Waals surface area contributed by atoms with Gasteiger partial charge in [-0.1, -0.05) is 25.1 Å². The largest absolute Gasteiger partial charge is 0.493 e. The highest BCUT2D eigenvalue weighted by molar-refractivity contribution is 5.94. The van der Waals surface area contributed by atoms with Crippen LogP contribution in [0.1, 0.15) is 46.7 Å². The van der Waals surface area contributed by atoms with Crippen LogP contribution in [0.15, 0.2) is 54.9 Å². The smallest absolute Gasteiger partial charge is 0.251 e. The minimum atomic E-state index is -0.115. The van der Waals surface area contributed by atoms with E-state index in [4.69, 9.17) is 9.47 Å². The molecule has 0 saturated carbocycles. The molecule has 0 unspecified atom stereocenters. The number of carbonyl (C=O) groups excluding carboxylic acids is 1. The third-order valence-electron chi connectivity index (χ3n) is 5.02. The van der Waals surface area contributed by atoms with Crippen LogP contribution >= 0.6 is 0 Å². The molecule has 1 heterocycles. The lowest BCUT2D eigenvalue weighted by Gasteiger charge is -2.19. The van der Waals surface area contributed by atoms with Crippen LogP contribution in [0.5, 0.6) is 11.5 Å². The van der Waals surface area contributed by atoms with E-state index in [1.54, 1.807) is 20.4 Å². The summed E-state index contributed by atoms with van der Waals surface area (Å²) in [4.78, 5) is 17.0. The molecule has 1 amide bonds. The third kappa shape index (κ3) is 4.77. The Bertz CT molecular complexity index is 964. The molecule has 1 N–H and O–H groups in total. The average molecular weight is 393 g/mol. The summed E-state index contributed by atoms with van der Waals surface area (Å²) in [5, 5.41) is 3.11. The van der Waals surface area contributed by atoms with Gasteiger partial charge in [0.15, 0.2) is 11.5 Å². The fourth-order valence-corrected chi connectivity index (χ4v) is 3.26. The number of nitrogens with one attached hydrogen (secondary N) is 1. The summed E-state index contributed by atoms with van der Waals surface area (Å²) in [6, 6.07) is 13.3. The van der Waals surface area contributed by atoms with E-state index >= 15 is 0 Å². The van der Waals surface area contributed by atoms with E-state index in [1.165, 1.54) is 0 Å². The zero-order chi connectivity index (χ0) is 20.8. The van der Waals surface area contributed by atoms with Crippen molar-refractivity contribution in [2.24, 2.45) is 0 Å². The molecule has 0 radical (unpaired) electrons. The number of benzene rings is 2. The molecule has 3 rings (SSSR count). The molecule has 1 aromatic heterocycles. The zero-order valence-electron chi connectivity index (χ0n) is 17.3. The molecule has 0 spiro atoms. The minimum Gasteiger partial charge on any atom is -0.493 e. The second-order valence-corrected chi connectivity index (χ2v) is 6.85. The second kappa shape index (κ2) is 9.28. The third-order valence-corrected chi connectivity index (χ3v) is 5.02. The van der Waals surface area contributed by atoms with Crippen LogP contribution in [-0.2, 0) is 6.54 Å². The van der Waals surface area contributed by atoms with Crippen LogP contribution in [0, 0.1) is 6.92 Å². The van der Waals surface area contributed by atoms with Gasteiger partial charge in [0.05, 0.1) is 20.3 Å². The van der Waals surface area contributed by atoms with Crippen molar-refractivity contribution >= 4 is 5.91 Å². The Morgan fingerprint density at radius 3 is 2.41 bits per heavy atom. The molecule has 0 aliphatic carbocycles. The maximum Gasteiger partial charge on any atom is 0.251 e. The summed E-state index contributed by atoms with van der Waals surface area (Å²) in [7, 11) is 3.21. The Balaban J connectivity index is 1.70. The summed E-state index contributed by atoms with van der Waals surface area (Å²) >= 11 is 0. The molecule has 152 valence electrons. The quantitative estimate of drug-likeness (QED) is 0.625. The first-order chi connectivity index (χ1) is 14.0. The lowest BCUT2D eigenvalue weighted by atomic mass is 10.0. The van der Waals surface area contributed by atoms with Crippen LogP contribution < -0.4 is 14.8 Å². The van der Waals surface area contributed by atoms with Crippen molar-refractivity contribution in [1.82, 2.24) is 14.9 Å². The van der Waals surface area contributed by atoms with Crippen molar-refractivity contribution in [2.75, 3.05) is 14.2 Å². The standard InChI is InChI=1S/C23H27N3O3/c1-5-20(19-10-11-21(28-3)22(14-19)29-4)25-23(27)18-8-6-17(7-9-18)15-26-13-12-24-16(26)2/h6-14,20H,5,15H2,1-4H3,(H,25,27)/t20-/m0/s1. The van der Waals surface area contributed by atoms with Gasteiger partial charge in [-0.2, -0.15) is 0 Å². The molecule has 2 aromatic carbocycles. The molecule has 6 heteroatoms. The molecule has 3 aromatic rings. The molecule has 0 aliphatic heterocycles. The number of nitrogens with zero attached hydrogens (tertiary/aromatic N) is 2. The number of rotatable bonds is 8. The Kier molecular flexibility index (Phi) is 6.54. The zero-order valence-corrected chi connectivity index (χ0v) is 17.3. The molecular weight excluding hydrogens is 366 g/mol. The summed E-state index contributed by atoms with van der Waals surface area (Å²) in [5.74, 6) is 2.18. The Hall–Kier alpha value is -3.28. The monoisotopic (exact) mass is 393 g/mol. The lowest BCUT2D eigenvalue weighted by molar-refractivity contribution is 0.0935. The highest BCUT2D eigenvalue weighted by Crippen LogP contribution is 2.31. The highest BCUT2D eigenvalue weighted by Gasteiger charge is 2.16. The molecule has 0 aliphatic rings. The van der Waals surface area contributed by atoms with Gasteiger partial charge < -0.3 is 19.4 Å². The van der Waals surface area contributed by atoms with E-state index in [2.05, 4.69) is 14.9 Å². The first kappa shape index (κ1) is 20.5. The van der Waals surface area contributed by atoms with Gasteiger partial charge in [0, 0.05) is 24.5 Å². The van der Waals surface area contributed by atoms with Crippen LogP contribution in [0.3, 0.4) is 0 Å². The van der Waals surface area contributed by atoms with Gasteiger partial charge in [-0.15, -0.1) is 0 Å². The van der Waals surface area contributed by atoms with Gasteiger partial charge in [-0.25, -0.2) is 4.98 Å². The van der Waals surface area contributed by atoms with E-state index in [0.29, 0.717) is 17.1 Å². The Morgan fingerprint density at radius 1 is 1.10 bits per heavy atom. The SMILES string of the molecule is CC[C@H](NC(=O)c1ccc(Cn2ccnc2C)cc1)c1ccc(OC)c(OC)c1. The number of aryl methyl sites for hydroxylation is 1. The van der Waals surface area contributed by atoms with Crippen LogP contribution in [0.25, 0.3) is 0 Å². The fourth-order valence-electron chi connectivity index (χ4n) is 3.26. The predicted octanol–water partition coefficient (Wildman–Crippen LogP) is 4.14. The highest BCUT2D eigenvalue weighted by atomic mass is 16.5. The Labute approximate surface area is 171 Å². The van der Waals surface area contributed by atoms with Crippen molar-refractivity contribution in [1.29, 1.82) is 0 Å². The van der Waals surface area contributed by atoms with Gasteiger partial charge in [0.2, 0.25) is 0 Å². The predicted molar refractivity (Wildman–Crippen MR) is 113 cm³/mol. The lowest BCUT2D eigenvalue weighted by Crippen LogP contribution is -2.28. The van der Waals surface area contributed by atoms with Gasteiger partial charge >= 0.3 is 0 Å². The van der Waals surface area contributed by atoms with Crippen molar-refractivity contribution in [3.05, 3.63) is 77.4 Å². The van der Waals surface area contributed by atoms with E-state index < -0.39 is 0 Å². The summed E-state index contributed by atoms with van der Waals surface area (Å²) in [5.41, 5.74) is 2.73. The maximum absolute atomic E-state index is 12.8. The van der Waals surface area contributed by atoms with Crippen molar-refractivity contribution in [3.63, 3.8) is 0 Å². The summed E-state index contributed by atoms with van der Waals surface area (Å²) < 4.78 is 12.7. The molecule has 6 nitrogen and oxygen atoms in total. The van der Waals surface area contributed by atoms with E-state index in [0.717, 1.165) is 29.9 Å². The number of amides is 1. The van der Waals surface area contributed by atoms with Gasteiger partial charge in [0.25, 0.3) is 5.91 Å². The number of methoxy groups -OCH3 is 2. The molecule has 0 fully saturated rings. The summed E-state index contributed by atoms with van der Waals surface area (Å²) in [6.07, 6.45) is 4.50. The van der Waals surface area contributed by atoms with Crippen LogP contribution in [0.4, 0.5) is 0 Å². The van der Waals surface area contributed by atoms with Crippen LogP contribution in [0.2, 0.25) is 0 Å². The van der Waals surface area contributed by atoms with Gasteiger partial charge in [0.1, 0.15) is 5.82 Å². The first-order valence-electron chi connectivity index (χ1n) is 9.65. The second-order valence-electron chi connectivity index (χ2n) is 6.85. The molecule has 1 atom stereocenters. The fraction of sp³-hybridized carbons (Fsp3) is 0.304. The topological polar surface area (TPSA) is 65.4 Å². The van der Waals surface area contributed by atoms with Crippen molar-refractivity contribution < 1.29 is 14.3 Å². The molecule has 0 saturated heterocycles. The number of ether oxygens (including phenoxy) is 2. The van der Waals surface area contributed by atoms with E-state index in [-0.39, 0.29) is 11.9 Å². The van der Waals surface area contributed by atoms with Gasteiger partial charge in [-0.05, 0) is 48.7 Å². The normalized spacial score (nSPS) is 11.7. The maximum atomic E-state index is 12.8. The first-order valence-corrected chi connectivity index (χ1v) is 9.65. The minimum absolute atomic E-state index is 0.100. The number of hydrogen-bond donors (Lipinski definition) is 1. The van der Waals surface area contributed by atoms with Gasteiger partial charge in [-0.3, -0.25) is 4.79 Å². The van der Waals surface area contributed by atoms with E-state index in [1.807, 2.05) is 62.5 Å². The number of imidazole rings is 1. The summed E-state index contributed by atoms with van der Waals surface area (Å²) in [6.45, 7) is 4.75. The average Bonchev–Trinajstić information content (AvgIpc) is 3.16.